The molecule has 118 valence electrons. The molecular weight excluding hydrogens is 351 g/mol. The van der Waals surface area contributed by atoms with Crippen LogP contribution in [0.5, 0.6) is 0 Å². The summed E-state index contributed by atoms with van der Waals surface area (Å²) in [5, 5.41) is 10.0. The summed E-state index contributed by atoms with van der Waals surface area (Å²) in [5.41, 5.74) is 3.14. The molecule has 2 aromatic carbocycles. The number of thioether (sulfide) groups is 1. The van der Waals surface area contributed by atoms with E-state index in [-0.39, 0.29) is 0 Å². The Hall–Kier alpha value is -1.69. The Morgan fingerprint density at radius 3 is 2.70 bits per heavy atom. The number of aromatic nitrogens is 3. The maximum atomic E-state index is 6.20. The summed E-state index contributed by atoms with van der Waals surface area (Å²) in [6, 6.07) is 13.4. The van der Waals surface area contributed by atoms with E-state index in [2.05, 4.69) is 29.3 Å². The minimum Gasteiger partial charge on any atom is -0.335 e. The van der Waals surface area contributed by atoms with Crippen LogP contribution in [0.2, 0.25) is 10.0 Å². The fraction of sp³-hybridized carbons (Fsp3) is 0.125. The Kier molecular flexibility index (Phi) is 4.80. The molecule has 7 heteroatoms. The molecule has 0 fully saturated rings. The first-order chi connectivity index (χ1) is 11.1. The van der Waals surface area contributed by atoms with Gasteiger partial charge in [-0.15, -0.1) is 10.2 Å². The number of halogens is 2. The van der Waals surface area contributed by atoms with Gasteiger partial charge in [-0.2, -0.15) is 0 Å². The van der Waals surface area contributed by atoms with Crippen molar-refractivity contribution >= 4 is 35.0 Å². The summed E-state index contributed by atoms with van der Waals surface area (Å²) in [4.78, 5) is 0. The van der Waals surface area contributed by atoms with E-state index < -0.39 is 0 Å². The van der Waals surface area contributed by atoms with E-state index in [1.807, 2.05) is 12.1 Å². The second-order valence-electron chi connectivity index (χ2n) is 5.02. The van der Waals surface area contributed by atoms with Crippen molar-refractivity contribution in [2.24, 2.45) is 0 Å². The first-order valence-corrected chi connectivity index (χ1v) is 8.63. The molecule has 1 heterocycles. The van der Waals surface area contributed by atoms with E-state index in [9.17, 15) is 0 Å². The lowest BCUT2D eigenvalue weighted by Gasteiger charge is -2.07. The van der Waals surface area contributed by atoms with E-state index in [4.69, 9.17) is 29.0 Å². The van der Waals surface area contributed by atoms with Crippen LogP contribution >= 0.6 is 35.0 Å². The predicted molar refractivity (Wildman–Crippen MR) is 96.4 cm³/mol. The molecule has 0 saturated carbocycles. The molecule has 0 aliphatic heterocycles. The Morgan fingerprint density at radius 1 is 1.13 bits per heavy atom. The quantitative estimate of drug-likeness (QED) is 0.544. The lowest BCUT2D eigenvalue weighted by Crippen LogP contribution is -2.11. The highest BCUT2D eigenvalue weighted by Crippen LogP contribution is 2.31. The predicted octanol–water partition coefficient (Wildman–Crippen LogP) is 4.57. The lowest BCUT2D eigenvalue weighted by molar-refractivity contribution is 0.849. The number of benzene rings is 2. The molecule has 0 amide bonds. The minimum atomic E-state index is 0.491. The molecule has 0 aliphatic carbocycles. The molecule has 1 aromatic heterocycles. The van der Waals surface area contributed by atoms with Crippen LogP contribution in [0.15, 0.2) is 47.6 Å². The molecule has 0 saturated heterocycles. The zero-order chi connectivity index (χ0) is 16.4. The van der Waals surface area contributed by atoms with E-state index in [1.54, 1.807) is 18.2 Å². The first-order valence-electron chi connectivity index (χ1n) is 6.89. The topological polar surface area (TPSA) is 56.7 Å². The summed E-state index contributed by atoms with van der Waals surface area (Å²) < 4.78 is 1.44. The summed E-state index contributed by atoms with van der Waals surface area (Å²) in [5.74, 6) is 7.39. The Labute approximate surface area is 148 Å². The Morgan fingerprint density at radius 2 is 1.91 bits per heavy atom. The highest BCUT2D eigenvalue weighted by atomic mass is 35.5. The number of nitrogens with two attached hydrogens (primary N) is 1. The van der Waals surface area contributed by atoms with Gasteiger partial charge in [0.2, 0.25) is 5.16 Å². The molecule has 0 spiro atoms. The lowest BCUT2D eigenvalue weighted by atomic mass is 10.1. The maximum absolute atomic E-state index is 6.20. The van der Waals surface area contributed by atoms with Crippen molar-refractivity contribution in [1.82, 2.24) is 14.9 Å². The van der Waals surface area contributed by atoms with Crippen molar-refractivity contribution in [2.75, 3.05) is 5.84 Å². The molecule has 23 heavy (non-hydrogen) atoms. The van der Waals surface area contributed by atoms with Crippen LogP contribution in [0.4, 0.5) is 0 Å². The van der Waals surface area contributed by atoms with Gasteiger partial charge in [0.1, 0.15) is 0 Å². The molecule has 3 rings (SSSR count). The van der Waals surface area contributed by atoms with E-state index in [0.29, 0.717) is 26.6 Å². The molecule has 0 aliphatic rings. The van der Waals surface area contributed by atoms with Gasteiger partial charge in [0.25, 0.3) is 0 Å². The molecule has 2 N–H and O–H groups in total. The second-order valence-corrected chi connectivity index (χ2v) is 6.80. The number of hydrogen-bond donors (Lipinski definition) is 1. The summed E-state index contributed by atoms with van der Waals surface area (Å²) in [6.07, 6.45) is 0. The van der Waals surface area contributed by atoms with E-state index >= 15 is 0 Å². The van der Waals surface area contributed by atoms with Crippen molar-refractivity contribution < 1.29 is 0 Å². The fourth-order valence-corrected chi connectivity index (χ4v) is 3.45. The van der Waals surface area contributed by atoms with Crippen LogP contribution in [-0.4, -0.2) is 14.9 Å². The van der Waals surface area contributed by atoms with Gasteiger partial charge in [-0.05, 0) is 36.2 Å². The fourth-order valence-electron chi connectivity index (χ4n) is 2.14. The number of nitrogens with zero attached hydrogens (tertiary/aromatic N) is 3. The molecule has 0 atom stereocenters. The van der Waals surface area contributed by atoms with Gasteiger partial charge in [-0.1, -0.05) is 59.2 Å². The molecule has 3 aromatic rings. The third-order valence-corrected chi connectivity index (χ3v) is 5.01. The molecule has 0 bridgehead atoms. The number of nitrogen functional groups attached to an aromatic ring is 1. The van der Waals surface area contributed by atoms with Crippen LogP contribution in [0, 0.1) is 6.92 Å². The Balaban J connectivity index is 1.85. The van der Waals surface area contributed by atoms with Gasteiger partial charge in [0.05, 0.1) is 5.02 Å². The van der Waals surface area contributed by atoms with Crippen molar-refractivity contribution in [1.29, 1.82) is 0 Å². The molecule has 0 unspecified atom stereocenters. The average molecular weight is 365 g/mol. The summed E-state index contributed by atoms with van der Waals surface area (Å²) >= 11 is 13.8. The highest BCUT2D eigenvalue weighted by Gasteiger charge is 2.15. The summed E-state index contributed by atoms with van der Waals surface area (Å²) in [6.45, 7) is 2.08. The van der Waals surface area contributed by atoms with Gasteiger partial charge in [-0.3, -0.25) is 0 Å². The van der Waals surface area contributed by atoms with Crippen LogP contribution < -0.4 is 5.84 Å². The summed E-state index contributed by atoms with van der Waals surface area (Å²) in [7, 11) is 0. The molecular formula is C16H14Cl2N4S. The van der Waals surface area contributed by atoms with Crippen LogP contribution in [0.1, 0.15) is 11.1 Å². The van der Waals surface area contributed by atoms with Crippen molar-refractivity contribution in [2.45, 2.75) is 17.8 Å². The number of hydrogen-bond acceptors (Lipinski definition) is 4. The molecule has 4 nitrogen and oxygen atoms in total. The average Bonchev–Trinajstić information content (AvgIpc) is 2.90. The van der Waals surface area contributed by atoms with Crippen LogP contribution in [0.3, 0.4) is 0 Å². The third kappa shape index (κ3) is 3.47. The van der Waals surface area contributed by atoms with Gasteiger partial charge >= 0.3 is 0 Å². The zero-order valence-electron chi connectivity index (χ0n) is 12.3. The highest BCUT2D eigenvalue weighted by molar-refractivity contribution is 7.98. The Bertz CT molecular complexity index is 848. The molecule has 0 radical (unpaired) electrons. The second kappa shape index (κ2) is 6.83. The first kappa shape index (κ1) is 16.2. The van der Waals surface area contributed by atoms with Crippen molar-refractivity contribution in [3.8, 4) is 11.4 Å². The van der Waals surface area contributed by atoms with Crippen molar-refractivity contribution in [3.63, 3.8) is 0 Å². The van der Waals surface area contributed by atoms with Crippen LogP contribution in [-0.2, 0) is 5.75 Å². The van der Waals surface area contributed by atoms with E-state index in [1.165, 1.54) is 27.6 Å². The van der Waals surface area contributed by atoms with Crippen LogP contribution in [0.25, 0.3) is 11.4 Å². The van der Waals surface area contributed by atoms with Gasteiger partial charge in [0.15, 0.2) is 5.82 Å². The number of rotatable bonds is 4. The van der Waals surface area contributed by atoms with Gasteiger partial charge in [-0.25, -0.2) is 4.68 Å². The smallest absolute Gasteiger partial charge is 0.210 e. The monoisotopic (exact) mass is 364 g/mol. The number of aryl methyl sites for hydroxylation is 1. The maximum Gasteiger partial charge on any atom is 0.210 e. The largest absolute Gasteiger partial charge is 0.335 e. The zero-order valence-corrected chi connectivity index (χ0v) is 14.7. The normalized spacial score (nSPS) is 10.9. The van der Waals surface area contributed by atoms with Gasteiger partial charge in [0, 0.05) is 16.3 Å². The minimum absolute atomic E-state index is 0.491. The standard InChI is InChI=1S/C16H14Cl2N4S/c1-10-4-2-3-5-11(10)9-23-16-21-20-15(22(16)19)13-8-12(17)6-7-14(13)18/h2-8H,9,19H2,1H3. The third-order valence-electron chi connectivity index (χ3n) is 3.45. The SMILES string of the molecule is Cc1ccccc1CSc1nnc(-c2cc(Cl)ccc2Cl)n1N. The van der Waals surface area contributed by atoms with Crippen molar-refractivity contribution in [3.05, 3.63) is 63.6 Å². The van der Waals surface area contributed by atoms with E-state index in [0.717, 1.165) is 5.75 Å². The van der Waals surface area contributed by atoms with Gasteiger partial charge < -0.3 is 5.84 Å².